The fraction of sp³-hybridized carbons (Fsp3) is 0.167. The number of nitrogens with zero attached hydrogens (tertiary/aromatic N) is 3. The Balaban J connectivity index is 1.73. The number of halogens is 3. The normalized spacial score (nSPS) is 13.4. The topological polar surface area (TPSA) is 120 Å². The number of amides is 1. The largest absolute Gasteiger partial charge is 0.417 e. The van der Waals surface area contributed by atoms with Crippen molar-refractivity contribution < 1.29 is 18.0 Å². The molecule has 0 fully saturated rings. The summed E-state index contributed by atoms with van der Waals surface area (Å²) in [4.78, 5) is 25.5. The van der Waals surface area contributed by atoms with Gasteiger partial charge in [0.2, 0.25) is 0 Å². The molecule has 1 aromatic carbocycles. The quantitative estimate of drug-likeness (QED) is 0.407. The Morgan fingerprint density at radius 1 is 1.00 bits per heavy atom. The van der Waals surface area contributed by atoms with Gasteiger partial charge < -0.3 is 16.8 Å². The van der Waals surface area contributed by atoms with Crippen LogP contribution >= 0.6 is 0 Å². The molecular weight excluding hydrogens is 445 g/mol. The van der Waals surface area contributed by atoms with E-state index in [1.54, 1.807) is 49.5 Å². The molecule has 1 amide bonds. The van der Waals surface area contributed by atoms with Gasteiger partial charge in [-0.15, -0.1) is 0 Å². The van der Waals surface area contributed by atoms with Crippen molar-refractivity contribution in [1.82, 2.24) is 20.3 Å². The van der Waals surface area contributed by atoms with Crippen molar-refractivity contribution in [3.63, 3.8) is 0 Å². The van der Waals surface area contributed by atoms with Crippen molar-refractivity contribution >= 4 is 28.3 Å². The first-order valence-electron chi connectivity index (χ1n) is 10.3. The molecular formula is C24H21F3N6O. The predicted molar refractivity (Wildman–Crippen MR) is 123 cm³/mol. The van der Waals surface area contributed by atoms with Crippen molar-refractivity contribution in [3.8, 4) is 0 Å². The van der Waals surface area contributed by atoms with Crippen molar-refractivity contribution in [1.29, 1.82) is 0 Å². The summed E-state index contributed by atoms with van der Waals surface area (Å²) in [5, 5.41) is 3.68. The van der Waals surface area contributed by atoms with Crippen molar-refractivity contribution in [2.45, 2.75) is 25.1 Å². The summed E-state index contributed by atoms with van der Waals surface area (Å²) in [6.07, 6.45) is -0.553. The van der Waals surface area contributed by atoms with E-state index >= 15 is 0 Å². The molecule has 0 saturated carbocycles. The molecule has 0 aliphatic rings. The van der Waals surface area contributed by atoms with E-state index < -0.39 is 23.2 Å². The first kappa shape index (κ1) is 23.0. The zero-order valence-corrected chi connectivity index (χ0v) is 18.1. The lowest BCUT2D eigenvalue weighted by molar-refractivity contribution is -0.137. The van der Waals surface area contributed by atoms with Crippen LogP contribution in [0.2, 0.25) is 0 Å². The maximum Gasteiger partial charge on any atom is 0.417 e. The molecule has 3 heterocycles. The molecule has 0 bridgehead atoms. The number of fused-ring (bicyclic) bond motifs is 1. The summed E-state index contributed by atoms with van der Waals surface area (Å²) in [6.45, 7) is 1.65. The SMILES string of the molecule is CC(Cc1ccc(N)nc1)(NC(=O)c1ccc2ncccc2c1)c1ncc(C(F)(F)F)cc1N. The maximum atomic E-state index is 13.2. The van der Waals surface area contributed by atoms with Gasteiger partial charge in [-0.25, -0.2) is 4.98 Å². The van der Waals surface area contributed by atoms with E-state index in [9.17, 15) is 18.0 Å². The summed E-state index contributed by atoms with van der Waals surface area (Å²) < 4.78 is 39.4. The number of hydrogen-bond acceptors (Lipinski definition) is 6. The Kier molecular flexibility index (Phi) is 5.82. The average Bonchev–Trinajstić information content (AvgIpc) is 2.79. The van der Waals surface area contributed by atoms with Gasteiger partial charge in [-0.2, -0.15) is 13.2 Å². The van der Waals surface area contributed by atoms with Gasteiger partial charge in [-0.3, -0.25) is 14.8 Å². The lowest BCUT2D eigenvalue weighted by atomic mass is 9.87. The van der Waals surface area contributed by atoms with Crippen LogP contribution in [-0.2, 0) is 18.1 Å². The van der Waals surface area contributed by atoms with Crippen LogP contribution in [-0.4, -0.2) is 20.9 Å². The lowest BCUT2D eigenvalue weighted by Gasteiger charge is -2.32. The number of nitrogen functional groups attached to an aromatic ring is 2. The molecule has 34 heavy (non-hydrogen) atoms. The molecule has 174 valence electrons. The van der Waals surface area contributed by atoms with Crippen molar-refractivity contribution in [2.75, 3.05) is 11.5 Å². The van der Waals surface area contributed by atoms with Gasteiger partial charge in [-0.1, -0.05) is 12.1 Å². The fourth-order valence-electron chi connectivity index (χ4n) is 3.77. The highest BCUT2D eigenvalue weighted by Gasteiger charge is 2.36. The van der Waals surface area contributed by atoms with Gasteiger partial charge in [0, 0.05) is 36.0 Å². The van der Waals surface area contributed by atoms with E-state index in [4.69, 9.17) is 11.5 Å². The summed E-state index contributed by atoms with van der Waals surface area (Å²) in [5.41, 5.74) is 11.1. The van der Waals surface area contributed by atoms with Crippen molar-refractivity contribution in [3.05, 3.63) is 89.5 Å². The van der Waals surface area contributed by atoms with E-state index in [1.807, 2.05) is 6.07 Å². The van der Waals surface area contributed by atoms with E-state index in [0.29, 0.717) is 23.1 Å². The number of carbonyl (C=O) groups excluding carboxylic acids is 1. The summed E-state index contributed by atoms with van der Waals surface area (Å²) in [7, 11) is 0. The van der Waals surface area contributed by atoms with Gasteiger partial charge in [0.1, 0.15) is 5.82 Å². The summed E-state index contributed by atoms with van der Waals surface area (Å²) in [5.74, 6) is -0.135. The van der Waals surface area contributed by atoms with Gasteiger partial charge >= 0.3 is 6.18 Å². The average molecular weight is 466 g/mol. The zero-order chi connectivity index (χ0) is 24.5. The number of carbonyl (C=O) groups is 1. The van der Waals surface area contributed by atoms with Crippen LogP contribution < -0.4 is 16.8 Å². The minimum Gasteiger partial charge on any atom is -0.397 e. The molecule has 0 spiro atoms. The number of rotatable bonds is 5. The highest BCUT2D eigenvalue weighted by atomic mass is 19.4. The van der Waals surface area contributed by atoms with Gasteiger partial charge in [0.25, 0.3) is 5.91 Å². The molecule has 4 rings (SSSR count). The van der Waals surface area contributed by atoms with Gasteiger partial charge in [-0.05, 0) is 48.9 Å². The van der Waals surface area contributed by atoms with Crippen LogP contribution in [0.1, 0.15) is 34.1 Å². The number of benzene rings is 1. The third-order valence-corrected chi connectivity index (χ3v) is 5.43. The minimum absolute atomic E-state index is 0.105. The highest BCUT2D eigenvalue weighted by molar-refractivity contribution is 5.98. The highest BCUT2D eigenvalue weighted by Crippen LogP contribution is 2.34. The lowest BCUT2D eigenvalue weighted by Crippen LogP contribution is -2.46. The van der Waals surface area contributed by atoms with E-state index in [-0.39, 0.29) is 17.8 Å². The Bertz CT molecular complexity index is 1360. The van der Waals surface area contributed by atoms with Crippen molar-refractivity contribution in [2.24, 2.45) is 0 Å². The standard InChI is InChI=1S/C24H21F3N6O/c1-23(11-14-4-7-20(29)31-12-14,21-18(28)10-17(13-32-21)24(25,26)27)33-22(34)16-5-6-19-15(9-16)3-2-8-30-19/h2-10,12-13H,11,28H2,1H3,(H2,29,31)(H,33,34). The Morgan fingerprint density at radius 3 is 2.47 bits per heavy atom. The molecule has 0 aliphatic heterocycles. The monoisotopic (exact) mass is 466 g/mol. The van der Waals surface area contributed by atoms with Gasteiger partial charge in [0.05, 0.1) is 28.0 Å². The molecule has 0 aliphatic carbocycles. The van der Waals surface area contributed by atoms with Crippen LogP contribution in [0.3, 0.4) is 0 Å². The Hall–Kier alpha value is -4.21. The van der Waals surface area contributed by atoms with E-state index in [0.717, 1.165) is 17.0 Å². The Labute approximate surface area is 193 Å². The molecule has 0 radical (unpaired) electrons. The second-order valence-corrected chi connectivity index (χ2v) is 8.12. The molecule has 3 aromatic heterocycles. The van der Waals surface area contributed by atoms with E-state index in [1.165, 1.54) is 6.20 Å². The molecule has 4 aromatic rings. The van der Waals surface area contributed by atoms with Crippen LogP contribution in [0.15, 0.2) is 67.1 Å². The molecule has 10 heteroatoms. The number of alkyl halides is 3. The second-order valence-electron chi connectivity index (χ2n) is 8.12. The third kappa shape index (κ3) is 4.75. The number of pyridine rings is 3. The molecule has 7 nitrogen and oxygen atoms in total. The maximum absolute atomic E-state index is 13.2. The van der Waals surface area contributed by atoms with Crippen LogP contribution in [0, 0.1) is 0 Å². The molecule has 1 atom stereocenters. The predicted octanol–water partition coefficient (Wildman–Crippen LogP) is 4.10. The molecule has 0 saturated heterocycles. The second kappa shape index (κ2) is 8.62. The molecule has 5 N–H and O–H groups in total. The number of nitrogens with two attached hydrogens (primary N) is 2. The zero-order valence-electron chi connectivity index (χ0n) is 18.1. The van der Waals surface area contributed by atoms with E-state index in [2.05, 4.69) is 20.3 Å². The Morgan fingerprint density at radius 2 is 1.79 bits per heavy atom. The van der Waals surface area contributed by atoms with Gasteiger partial charge in [0.15, 0.2) is 0 Å². The first-order valence-corrected chi connectivity index (χ1v) is 10.3. The minimum atomic E-state index is -4.60. The first-order chi connectivity index (χ1) is 16.0. The van der Waals surface area contributed by atoms with Crippen LogP contribution in [0.25, 0.3) is 10.9 Å². The fourth-order valence-corrected chi connectivity index (χ4v) is 3.77. The smallest absolute Gasteiger partial charge is 0.397 e. The van der Waals surface area contributed by atoms with Crippen LogP contribution in [0.4, 0.5) is 24.7 Å². The number of nitrogens with one attached hydrogen (secondary N) is 1. The molecule has 1 unspecified atom stereocenters. The summed E-state index contributed by atoms with van der Waals surface area (Å²) in [6, 6.07) is 12.7. The third-order valence-electron chi connectivity index (χ3n) is 5.43. The number of hydrogen-bond donors (Lipinski definition) is 3. The number of anilines is 2. The number of aromatic nitrogens is 3. The summed E-state index contributed by atoms with van der Waals surface area (Å²) >= 11 is 0. The van der Waals surface area contributed by atoms with Crippen LogP contribution in [0.5, 0.6) is 0 Å².